The van der Waals surface area contributed by atoms with Gasteiger partial charge in [-0.1, -0.05) is 0 Å². The smallest absolute Gasteiger partial charge is 0.241 e. The van der Waals surface area contributed by atoms with Crippen LogP contribution in [0.3, 0.4) is 0 Å². The van der Waals surface area contributed by atoms with Gasteiger partial charge >= 0.3 is 0 Å². The molecule has 0 saturated carbocycles. The number of aliphatic hydroxyl groups is 1. The van der Waals surface area contributed by atoms with Crippen LogP contribution in [0.25, 0.3) is 0 Å². The monoisotopic (exact) mass is 317 g/mol. The molecule has 0 aliphatic carbocycles. The van der Waals surface area contributed by atoms with Crippen molar-refractivity contribution in [1.29, 1.82) is 0 Å². The van der Waals surface area contributed by atoms with Gasteiger partial charge in [0.05, 0.1) is 6.61 Å². The number of hydrogen-bond acceptors (Lipinski definition) is 5. The Kier molecular flexibility index (Phi) is 5.15. The van der Waals surface area contributed by atoms with E-state index in [-0.39, 0.29) is 18.3 Å². The molecule has 2 aromatic rings. The maximum atomic E-state index is 13.0. The van der Waals surface area contributed by atoms with Gasteiger partial charge in [-0.25, -0.2) is 9.37 Å². The van der Waals surface area contributed by atoms with Crippen molar-refractivity contribution in [2.45, 2.75) is 18.8 Å². The van der Waals surface area contributed by atoms with Gasteiger partial charge in [-0.15, -0.1) is 0 Å². The van der Waals surface area contributed by atoms with Crippen molar-refractivity contribution in [3.05, 3.63) is 48.2 Å². The third-order valence-electron chi connectivity index (χ3n) is 4.03. The van der Waals surface area contributed by atoms with Gasteiger partial charge in [0.15, 0.2) is 0 Å². The highest BCUT2D eigenvalue weighted by Gasteiger charge is 2.25. The number of benzene rings is 1. The number of ether oxygens (including phenoxy) is 1. The Labute approximate surface area is 134 Å². The highest BCUT2D eigenvalue weighted by molar-refractivity contribution is 5.31. The fourth-order valence-electron chi connectivity index (χ4n) is 2.93. The van der Waals surface area contributed by atoms with E-state index in [4.69, 9.17) is 9.84 Å². The fourth-order valence-corrected chi connectivity index (χ4v) is 2.93. The lowest BCUT2D eigenvalue weighted by atomic mass is 9.94. The van der Waals surface area contributed by atoms with Crippen molar-refractivity contribution < 1.29 is 14.2 Å². The van der Waals surface area contributed by atoms with Gasteiger partial charge in [0.1, 0.15) is 17.3 Å². The van der Waals surface area contributed by atoms with Crippen molar-refractivity contribution >= 4 is 0 Å². The molecule has 1 aliphatic rings. The first-order valence-electron chi connectivity index (χ1n) is 7.84. The predicted octanol–water partition coefficient (Wildman–Crippen LogP) is 2.58. The molecule has 1 fully saturated rings. The van der Waals surface area contributed by atoms with Crippen LogP contribution in [0.5, 0.6) is 11.6 Å². The first-order chi connectivity index (χ1) is 11.3. The van der Waals surface area contributed by atoms with Crippen LogP contribution >= 0.6 is 0 Å². The summed E-state index contributed by atoms with van der Waals surface area (Å²) in [6.07, 6.45) is 5.33. The van der Waals surface area contributed by atoms with E-state index >= 15 is 0 Å². The maximum Gasteiger partial charge on any atom is 0.241 e. The Bertz CT molecular complexity index is 634. The Balaban J connectivity index is 1.78. The number of rotatable bonds is 5. The highest BCUT2D eigenvalue weighted by Crippen LogP contribution is 2.32. The molecule has 1 aromatic heterocycles. The minimum absolute atomic E-state index is 0.159. The molecule has 122 valence electrons. The molecule has 3 rings (SSSR count). The minimum Gasteiger partial charge on any atom is -0.437 e. The summed E-state index contributed by atoms with van der Waals surface area (Å²) < 4.78 is 18.8. The number of likely N-dealkylation sites (tertiary alicyclic amines) is 1. The van der Waals surface area contributed by atoms with E-state index in [0.717, 1.165) is 31.6 Å². The molecule has 1 aromatic carbocycles. The predicted molar refractivity (Wildman–Crippen MR) is 84.0 cm³/mol. The molecule has 6 heteroatoms. The van der Waals surface area contributed by atoms with Crippen LogP contribution < -0.4 is 4.74 Å². The number of hydrogen-bond donors (Lipinski definition) is 1. The Morgan fingerprint density at radius 1 is 1.22 bits per heavy atom. The zero-order valence-electron chi connectivity index (χ0n) is 12.9. The number of aromatic nitrogens is 2. The van der Waals surface area contributed by atoms with E-state index in [1.54, 1.807) is 24.5 Å². The van der Waals surface area contributed by atoms with Gasteiger partial charge in [-0.2, -0.15) is 0 Å². The number of nitrogens with zero attached hydrogens (tertiary/aromatic N) is 3. The number of β-amino-alcohol motifs (C(OH)–C–C–N with tert-alkyl or cyclic N) is 1. The van der Waals surface area contributed by atoms with Gasteiger partial charge in [-0.3, -0.25) is 4.98 Å². The lowest BCUT2D eigenvalue weighted by Gasteiger charge is -2.32. The molecule has 2 heterocycles. The average Bonchev–Trinajstić information content (AvgIpc) is 2.58. The Morgan fingerprint density at radius 3 is 2.78 bits per heavy atom. The summed E-state index contributed by atoms with van der Waals surface area (Å²) in [4.78, 5) is 11.0. The van der Waals surface area contributed by atoms with Crippen LogP contribution in [-0.2, 0) is 0 Å². The lowest BCUT2D eigenvalue weighted by molar-refractivity contribution is 0.159. The molecule has 0 bridgehead atoms. The van der Waals surface area contributed by atoms with E-state index in [1.165, 1.54) is 12.1 Å². The summed E-state index contributed by atoms with van der Waals surface area (Å²) in [7, 11) is 0. The molecular weight excluding hydrogens is 297 g/mol. The van der Waals surface area contributed by atoms with E-state index in [0.29, 0.717) is 18.2 Å². The minimum atomic E-state index is -0.302. The van der Waals surface area contributed by atoms with Crippen molar-refractivity contribution in [1.82, 2.24) is 14.9 Å². The molecular formula is C17H20FN3O2. The van der Waals surface area contributed by atoms with Gasteiger partial charge in [-0.05, 0) is 43.7 Å². The summed E-state index contributed by atoms with van der Waals surface area (Å²) >= 11 is 0. The van der Waals surface area contributed by atoms with Gasteiger partial charge < -0.3 is 14.7 Å². The Morgan fingerprint density at radius 2 is 2.00 bits per heavy atom. The molecule has 5 nitrogen and oxygen atoms in total. The quantitative estimate of drug-likeness (QED) is 0.918. The molecule has 1 saturated heterocycles. The van der Waals surface area contributed by atoms with Gasteiger partial charge in [0.2, 0.25) is 5.88 Å². The van der Waals surface area contributed by atoms with Crippen LogP contribution in [0.1, 0.15) is 24.5 Å². The molecule has 0 radical (unpaired) electrons. The molecule has 0 amide bonds. The second-order valence-corrected chi connectivity index (χ2v) is 5.67. The van der Waals surface area contributed by atoms with Crippen LogP contribution in [0, 0.1) is 5.82 Å². The molecule has 0 spiro atoms. The normalized spacial score (nSPS) is 18.8. The third kappa shape index (κ3) is 4.03. The molecule has 1 N–H and O–H groups in total. The maximum absolute atomic E-state index is 13.0. The topological polar surface area (TPSA) is 58.5 Å². The SMILES string of the molecule is OCCN1CCC[C@@H](c2nccnc2Oc2ccc(F)cc2)C1. The summed E-state index contributed by atoms with van der Waals surface area (Å²) in [6.45, 7) is 2.65. The zero-order chi connectivity index (χ0) is 16.1. The van der Waals surface area contributed by atoms with Gasteiger partial charge in [0.25, 0.3) is 0 Å². The van der Waals surface area contributed by atoms with Crippen molar-refractivity contribution in [3.8, 4) is 11.6 Å². The van der Waals surface area contributed by atoms with E-state index in [1.807, 2.05) is 0 Å². The van der Waals surface area contributed by atoms with Gasteiger partial charge in [0, 0.05) is 31.4 Å². The molecule has 23 heavy (non-hydrogen) atoms. The molecule has 1 atom stereocenters. The number of aliphatic hydroxyl groups excluding tert-OH is 1. The second kappa shape index (κ2) is 7.48. The zero-order valence-corrected chi connectivity index (χ0v) is 12.9. The Hall–Kier alpha value is -2.05. The lowest BCUT2D eigenvalue weighted by Crippen LogP contribution is -2.36. The number of halogens is 1. The average molecular weight is 317 g/mol. The summed E-state index contributed by atoms with van der Waals surface area (Å²) in [5, 5.41) is 9.12. The summed E-state index contributed by atoms with van der Waals surface area (Å²) in [5.74, 6) is 0.925. The van der Waals surface area contributed by atoms with E-state index in [9.17, 15) is 4.39 Å². The van der Waals surface area contributed by atoms with Crippen molar-refractivity contribution in [2.24, 2.45) is 0 Å². The standard InChI is InChI=1S/C17H20FN3O2/c18-14-3-5-15(6-4-14)23-17-16(19-7-8-20-17)13-2-1-9-21(12-13)10-11-22/h3-8,13,22H,1-2,9-12H2/t13-/m1/s1. The first-order valence-corrected chi connectivity index (χ1v) is 7.84. The van der Waals surface area contributed by atoms with Crippen LogP contribution in [-0.4, -0.2) is 46.2 Å². The second-order valence-electron chi connectivity index (χ2n) is 5.67. The number of piperidine rings is 1. The van der Waals surface area contributed by atoms with Crippen LogP contribution in [0.4, 0.5) is 4.39 Å². The third-order valence-corrected chi connectivity index (χ3v) is 4.03. The summed E-state index contributed by atoms with van der Waals surface area (Å²) in [5.41, 5.74) is 0.819. The van der Waals surface area contributed by atoms with Crippen LogP contribution in [0.2, 0.25) is 0 Å². The largest absolute Gasteiger partial charge is 0.437 e. The van der Waals surface area contributed by atoms with Crippen LogP contribution in [0.15, 0.2) is 36.7 Å². The van der Waals surface area contributed by atoms with Crippen molar-refractivity contribution in [2.75, 3.05) is 26.2 Å². The summed E-state index contributed by atoms with van der Waals surface area (Å²) in [6, 6.07) is 5.86. The highest BCUT2D eigenvalue weighted by atomic mass is 19.1. The molecule has 0 unspecified atom stereocenters. The van der Waals surface area contributed by atoms with E-state index < -0.39 is 0 Å². The fraction of sp³-hybridized carbons (Fsp3) is 0.412. The van der Waals surface area contributed by atoms with Crippen molar-refractivity contribution in [3.63, 3.8) is 0 Å². The van der Waals surface area contributed by atoms with E-state index in [2.05, 4.69) is 14.9 Å². The first kappa shape index (κ1) is 15.8. The molecule has 1 aliphatic heterocycles.